The zero-order chi connectivity index (χ0) is 21.2. The van der Waals surface area contributed by atoms with Gasteiger partial charge in [0.25, 0.3) is 11.6 Å². The molecular weight excluding hydrogens is 411 g/mol. The number of nitro benzene ring substituents is 1. The van der Waals surface area contributed by atoms with Gasteiger partial charge in [-0.25, -0.2) is 0 Å². The lowest BCUT2D eigenvalue weighted by molar-refractivity contribution is -0.388. The van der Waals surface area contributed by atoms with Crippen molar-refractivity contribution >= 4 is 17.4 Å². The van der Waals surface area contributed by atoms with Crippen molar-refractivity contribution in [2.75, 3.05) is 5.75 Å². The van der Waals surface area contributed by atoms with Crippen LogP contribution < -0.4 is 0 Å². The van der Waals surface area contributed by atoms with Gasteiger partial charge >= 0.3 is 6.18 Å². The molecule has 0 fully saturated rings. The Labute approximate surface area is 166 Å². The van der Waals surface area contributed by atoms with Crippen molar-refractivity contribution < 1.29 is 27.7 Å². The van der Waals surface area contributed by atoms with Gasteiger partial charge in [-0.2, -0.15) is 18.2 Å². The number of alkyl halides is 3. The van der Waals surface area contributed by atoms with Crippen LogP contribution in [0.25, 0.3) is 11.4 Å². The van der Waals surface area contributed by atoms with Gasteiger partial charge in [0.15, 0.2) is 0 Å². The highest BCUT2D eigenvalue weighted by molar-refractivity contribution is 7.99. The van der Waals surface area contributed by atoms with E-state index in [0.717, 1.165) is 17.0 Å². The van der Waals surface area contributed by atoms with Crippen LogP contribution in [0.4, 0.5) is 18.9 Å². The summed E-state index contributed by atoms with van der Waals surface area (Å²) < 4.78 is 44.5. The zero-order valence-corrected chi connectivity index (χ0v) is 15.7. The van der Waals surface area contributed by atoms with E-state index in [2.05, 4.69) is 10.1 Å². The van der Waals surface area contributed by atoms with E-state index in [1.807, 2.05) is 30.3 Å². The van der Waals surface area contributed by atoms with Crippen molar-refractivity contribution in [1.82, 2.24) is 10.1 Å². The van der Waals surface area contributed by atoms with Gasteiger partial charge in [0, 0.05) is 22.3 Å². The quantitative estimate of drug-likeness (QED) is 0.348. The first-order valence-corrected chi connectivity index (χ1v) is 9.17. The molecule has 11 heteroatoms. The van der Waals surface area contributed by atoms with E-state index in [4.69, 9.17) is 4.52 Å². The molecule has 3 aromatic rings. The molecule has 0 aliphatic carbocycles. The molecule has 0 spiro atoms. The van der Waals surface area contributed by atoms with E-state index < -0.39 is 28.0 Å². The molecule has 0 bridgehead atoms. The molecule has 0 saturated heterocycles. The Morgan fingerprint density at radius 3 is 2.52 bits per heavy atom. The van der Waals surface area contributed by atoms with Gasteiger partial charge in [-0.1, -0.05) is 23.4 Å². The fourth-order valence-corrected chi connectivity index (χ4v) is 3.34. The second kappa shape index (κ2) is 7.84. The topological polar surface area (TPSA) is 102 Å². The molecule has 0 amide bonds. The van der Waals surface area contributed by atoms with Crippen LogP contribution in [0, 0.1) is 10.1 Å². The molecule has 0 saturated carbocycles. The third-order valence-electron chi connectivity index (χ3n) is 3.91. The summed E-state index contributed by atoms with van der Waals surface area (Å²) in [6.45, 7) is 1.44. The number of nitrogens with zero attached hydrogens (tertiary/aromatic N) is 3. The summed E-state index contributed by atoms with van der Waals surface area (Å²) in [5, 5.41) is 25.1. The van der Waals surface area contributed by atoms with E-state index >= 15 is 0 Å². The third-order valence-corrected chi connectivity index (χ3v) is 5.22. The highest BCUT2D eigenvalue weighted by Crippen LogP contribution is 2.38. The number of aliphatic hydroxyl groups is 1. The van der Waals surface area contributed by atoms with Gasteiger partial charge in [-0.05, 0) is 31.2 Å². The van der Waals surface area contributed by atoms with Crippen molar-refractivity contribution in [3.05, 3.63) is 70.1 Å². The van der Waals surface area contributed by atoms with E-state index in [1.165, 1.54) is 18.7 Å². The summed E-state index contributed by atoms with van der Waals surface area (Å²) in [7, 11) is 0. The number of rotatable bonds is 6. The Balaban J connectivity index is 1.86. The fraction of sp³-hybridized carbons (Fsp3) is 0.222. The molecule has 1 atom stereocenters. The molecular formula is C18H14F3N3O4S. The highest BCUT2D eigenvalue weighted by Gasteiger charge is 2.39. The maximum atomic E-state index is 13.1. The van der Waals surface area contributed by atoms with Crippen LogP contribution in [0.15, 0.2) is 57.9 Å². The molecule has 0 aliphatic heterocycles. The first-order chi connectivity index (χ1) is 13.6. The summed E-state index contributed by atoms with van der Waals surface area (Å²) in [6.07, 6.45) is -4.93. The van der Waals surface area contributed by atoms with Crippen molar-refractivity contribution in [2.45, 2.75) is 23.6 Å². The lowest BCUT2D eigenvalue weighted by atomic mass is 10.1. The number of hydrogen-bond donors (Lipinski definition) is 1. The summed E-state index contributed by atoms with van der Waals surface area (Å²) in [5.41, 5.74) is -4.15. The summed E-state index contributed by atoms with van der Waals surface area (Å²) in [6, 6.07) is 11.7. The van der Waals surface area contributed by atoms with Crippen LogP contribution in [0.2, 0.25) is 0 Å². The Kier molecular flexibility index (Phi) is 5.62. The predicted octanol–water partition coefficient (Wildman–Crippen LogP) is 4.66. The summed E-state index contributed by atoms with van der Waals surface area (Å²) in [4.78, 5) is 14.6. The van der Waals surface area contributed by atoms with Gasteiger partial charge in [0.2, 0.25) is 5.82 Å². The molecule has 1 aromatic heterocycles. The normalized spacial score (nSPS) is 13.8. The lowest BCUT2D eigenvalue weighted by Crippen LogP contribution is -2.24. The van der Waals surface area contributed by atoms with Crippen LogP contribution in [-0.4, -0.2) is 25.9 Å². The number of benzene rings is 2. The zero-order valence-electron chi connectivity index (χ0n) is 14.9. The predicted molar refractivity (Wildman–Crippen MR) is 98.1 cm³/mol. The van der Waals surface area contributed by atoms with Crippen LogP contribution in [0.1, 0.15) is 18.4 Å². The molecule has 0 aliphatic rings. The van der Waals surface area contributed by atoms with Gasteiger partial charge in [0.1, 0.15) is 11.2 Å². The molecule has 1 heterocycles. The maximum absolute atomic E-state index is 13.1. The maximum Gasteiger partial charge on any atom is 0.423 e. The fourth-order valence-electron chi connectivity index (χ4n) is 2.42. The van der Waals surface area contributed by atoms with E-state index in [-0.39, 0.29) is 23.0 Å². The second-order valence-corrected chi connectivity index (χ2v) is 7.33. The number of thioether (sulfide) groups is 1. The van der Waals surface area contributed by atoms with Gasteiger partial charge in [0.05, 0.1) is 4.92 Å². The molecule has 152 valence electrons. The summed E-state index contributed by atoms with van der Waals surface area (Å²) >= 11 is 1.34. The lowest BCUT2D eigenvalue weighted by Gasteiger charge is -2.17. The number of nitro groups is 1. The highest BCUT2D eigenvalue weighted by atomic mass is 32.2. The molecule has 0 radical (unpaired) electrons. The molecule has 3 rings (SSSR count). The number of halogens is 3. The van der Waals surface area contributed by atoms with Crippen LogP contribution >= 0.6 is 11.8 Å². The summed E-state index contributed by atoms with van der Waals surface area (Å²) in [5.74, 6) is -0.236. The average Bonchev–Trinajstić information content (AvgIpc) is 3.17. The number of aromatic nitrogens is 2. The monoisotopic (exact) mass is 425 g/mol. The smallest absolute Gasteiger partial charge is 0.379 e. The Bertz CT molecular complexity index is 1020. The van der Waals surface area contributed by atoms with Gasteiger partial charge in [-0.3, -0.25) is 10.1 Å². The third kappa shape index (κ3) is 4.74. The molecule has 1 N–H and O–H groups in total. The standard InChI is InChI=1S/C18H14F3N3O4S/c1-17(25,10-29-12-5-3-2-4-6-12)16-22-15(23-28-16)11-7-8-14(24(26)27)13(9-11)18(19,20)21/h2-9,25H,10H2,1H3. The Hall–Kier alpha value is -2.92. The average molecular weight is 425 g/mol. The van der Waals surface area contributed by atoms with Gasteiger partial charge < -0.3 is 9.63 Å². The van der Waals surface area contributed by atoms with E-state index in [1.54, 1.807) is 0 Å². The first kappa shape index (κ1) is 20.8. The molecule has 1 unspecified atom stereocenters. The van der Waals surface area contributed by atoms with Crippen molar-refractivity contribution in [3.63, 3.8) is 0 Å². The van der Waals surface area contributed by atoms with Gasteiger partial charge in [-0.15, -0.1) is 11.8 Å². The second-order valence-electron chi connectivity index (χ2n) is 6.29. The van der Waals surface area contributed by atoms with Crippen molar-refractivity contribution in [1.29, 1.82) is 0 Å². The number of hydrogen-bond acceptors (Lipinski definition) is 7. The van der Waals surface area contributed by atoms with Crippen molar-refractivity contribution in [2.24, 2.45) is 0 Å². The SMILES string of the molecule is CC(O)(CSc1ccccc1)c1nc(-c2ccc([N+](=O)[O-])c(C(F)(F)F)c2)no1. The molecule has 29 heavy (non-hydrogen) atoms. The minimum Gasteiger partial charge on any atom is -0.379 e. The van der Waals surface area contributed by atoms with Crippen LogP contribution in [0.3, 0.4) is 0 Å². The minimum atomic E-state index is -4.93. The van der Waals surface area contributed by atoms with Crippen LogP contribution in [-0.2, 0) is 11.8 Å². The molecule has 7 nitrogen and oxygen atoms in total. The Morgan fingerprint density at radius 1 is 1.21 bits per heavy atom. The van der Waals surface area contributed by atoms with E-state index in [9.17, 15) is 28.4 Å². The minimum absolute atomic E-state index is 0.121. The molecule has 2 aromatic carbocycles. The Morgan fingerprint density at radius 2 is 1.90 bits per heavy atom. The van der Waals surface area contributed by atoms with E-state index in [0.29, 0.717) is 6.07 Å². The van der Waals surface area contributed by atoms with Crippen LogP contribution in [0.5, 0.6) is 0 Å². The largest absolute Gasteiger partial charge is 0.423 e. The first-order valence-electron chi connectivity index (χ1n) is 8.18. The van der Waals surface area contributed by atoms with Crippen molar-refractivity contribution in [3.8, 4) is 11.4 Å².